The summed E-state index contributed by atoms with van der Waals surface area (Å²) in [4.78, 5) is 49.8. The first-order valence-electron chi connectivity index (χ1n) is 14.3. The molecule has 0 aliphatic carbocycles. The molecule has 0 spiro atoms. The molecule has 0 amide bonds. The van der Waals surface area contributed by atoms with E-state index in [-0.39, 0.29) is 29.9 Å². The average molecular weight is 612 g/mol. The fraction of sp³-hybridized carbons (Fsp3) is 0.677. The summed E-state index contributed by atoms with van der Waals surface area (Å²) in [5, 5.41) is 10.1. The van der Waals surface area contributed by atoms with Gasteiger partial charge in [-0.1, -0.05) is 47.6 Å². The molecular weight excluding hydrogens is 562 g/mol. The summed E-state index contributed by atoms with van der Waals surface area (Å²) in [6, 6.07) is 4.14. The monoisotopic (exact) mass is 611 g/mol. The van der Waals surface area contributed by atoms with E-state index in [2.05, 4.69) is 0 Å². The zero-order valence-corrected chi connectivity index (χ0v) is 27.3. The number of carbonyl (C=O) groups is 4. The van der Waals surface area contributed by atoms with E-state index in [0.29, 0.717) is 18.4 Å². The van der Waals surface area contributed by atoms with Gasteiger partial charge in [-0.15, -0.1) is 0 Å². The maximum atomic E-state index is 12.6. The van der Waals surface area contributed by atoms with Crippen LogP contribution in [0.2, 0.25) is 0 Å². The molecule has 43 heavy (non-hydrogen) atoms. The van der Waals surface area contributed by atoms with E-state index in [9.17, 15) is 24.3 Å². The molecule has 3 N–H and O–H groups in total. The molecule has 1 aromatic carbocycles. The number of rotatable bonds is 13. The fourth-order valence-corrected chi connectivity index (χ4v) is 3.39. The highest BCUT2D eigenvalue weighted by molar-refractivity contribution is 5.80. The Morgan fingerprint density at radius 3 is 1.74 bits per heavy atom. The quantitative estimate of drug-likeness (QED) is 0.139. The molecule has 0 aliphatic rings. The van der Waals surface area contributed by atoms with Crippen LogP contribution in [0.3, 0.4) is 0 Å². The predicted molar refractivity (Wildman–Crippen MR) is 158 cm³/mol. The number of carboxylic acid groups (broad SMARTS) is 1. The van der Waals surface area contributed by atoms with Gasteiger partial charge in [0.2, 0.25) is 0 Å². The van der Waals surface area contributed by atoms with Crippen LogP contribution in [-0.2, 0) is 30.2 Å². The van der Waals surface area contributed by atoms with Crippen molar-refractivity contribution in [2.75, 3.05) is 6.61 Å². The van der Waals surface area contributed by atoms with Crippen molar-refractivity contribution in [1.82, 2.24) is 0 Å². The standard InChI is InChI=1S/C31H49NO11/c1-12-29(8,9)42-26(36)40-22-15-14-21(16-23(22)41-27(37)43-30(10,11)13-2)17-31(32,24(33)34)19(3)20(4)39-25(35)38-18-28(5,6)7/h14-16,19-20H,12-13,17-18,32H2,1-11H3,(H,33,34)/t19-,20+,31-/m1/s1. The van der Waals surface area contributed by atoms with Crippen LogP contribution in [0, 0.1) is 11.3 Å². The minimum absolute atomic E-state index is 0.109. The highest BCUT2D eigenvalue weighted by atomic mass is 16.8. The first-order chi connectivity index (χ1) is 19.5. The van der Waals surface area contributed by atoms with Crippen LogP contribution in [0.25, 0.3) is 0 Å². The van der Waals surface area contributed by atoms with Gasteiger partial charge in [-0.2, -0.15) is 0 Å². The predicted octanol–water partition coefficient (Wildman–Crippen LogP) is 6.64. The third-order valence-electron chi connectivity index (χ3n) is 7.13. The zero-order valence-electron chi connectivity index (χ0n) is 27.3. The number of benzene rings is 1. The summed E-state index contributed by atoms with van der Waals surface area (Å²) in [5.74, 6) is -2.61. The van der Waals surface area contributed by atoms with Gasteiger partial charge < -0.3 is 39.3 Å². The van der Waals surface area contributed by atoms with Crippen LogP contribution in [0.5, 0.6) is 11.5 Å². The summed E-state index contributed by atoms with van der Waals surface area (Å²) >= 11 is 0. The van der Waals surface area contributed by atoms with Gasteiger partial charge in [-0.05, 0) is 70.6 Å². The Morgan fingerprint density at radius 2 is 1.30 bits per heavy atom. The normalized spacial score (nSPS) is 14.9. The van der Waals surface area contributed by atoms with Crippen molar-refractivity contribution in [3.8, 4) is 11.5 Å². The highest BCUT2D eigenvalue weighted by Gasteiger charge is 2.44. The van der Waals surface area contributed by atoms with Crippen molar-refractivity contribution in [3.05, 3.63) is 23.8 Å². The first-order valence-corrected chi connectivity index (χ1v) is 14.3. The lowest BCUT2D eigenvalue weighted by atomic mass is 9.78. The Balaban J connectivity index is 3.33. The second-order valence-electron chi connectivity index (χ2n) is 13.1. The molecule has 3 atom stereocenters. The molecule has 0 aromatic heterocycles. The largest absolute Gasteiger partial charge is 0.514 e. The minimum atomic E-state index is -1.93. The lowest BCUT2D eigenvalue weighted by Gasteiger charge is -2.34. The van der Waals surface area contributed by atoms with Crippen LogP contribution >= 0.6 is 0 Å². The number of carboxylic acids is 1. The lowest BCUT2D eigenvalue weighted by Crippen LogP contribution is -2.58. The molecule has 0 bridgehead atoms. The van der Waals surface area contributed by atoms with Crippen LogP contribution in [0.15, 0.2) is 18.2 Å². The van der Waals surface area contributed by atoms with E-state index in [4.69, 9.17) is 34.2 Å². The number of ether oxygens (including phenoxy) is 6. The average Bonchev–Trinajstić information content (AvgIpc) is 2.87. The lowest BCUT2D eigenvalue weighted by molar-refractivity contribution is -0.147. The Labute approximate surface area is 254 Å². The maximum absolute atomic E-state index is 12.6. The topological polar surface area (TPSA) is 170 Å². The third-order valence-corrected chi connectivity index (χ3v) is 7.13. The second kappa shape index (κ2) is 14.8. The molecule has 244 valence electrons. The van der Waals surface area contributed by atoms with Gasteiger partial charge in [-0.3, -0.25) is 4.79 Å². The smallest absolute Gasteiger partial charge is 0.480 e. The molecule has 12 nitrogen and oxygen atoms in total. The maximum Gasteiger partial charge on any atom is 0.514 e. The van der Waals surface area contributed by atoms with E-state index in [1.165, 1.54) is 25.1 Å². The first kappa shape index (κ1) is 37.5. The van der Waals surface area contributed by atoms with Crippen molar-refractivity contribution in [2.45, 2.75) is 118 Å². The molecule has 0 heterocycles. The van der Waals surface area contributed by atoms with Crippen molar-refractivity contribution in [3.63, 3.8) is 0 Å². The number of aliphatic carboxylic acids is 1. The van der Waals surface area contributed by atoms with Crippen molar-refractivity contribution in [1.29, 1.82) is 0 Å². The van der Waals surface area contributed by atoms with Gasteiger partial charge in [0, 0.05) is 12.3 Å². The minimum Gasteiger partial charge on any atom is -0.480 e. The number of hydrogen-bond donors (Lipinski definition) is 2. The summed E-state index contributed by atoms with van der Waals surface area (Å²) in [6.07, 6.45) is -3.21. The van der Waals surface area contributed by atoms with E-state index < -0.39 is 53.2 Å². The number of carbonyl (C=O) groups excluding carboxylic acids is 3. The number of nitrogens with two attached hydrogens (primary N) is 1. The molecule has 0 radical (unpaired) electrons. The summed E-state index contributed by atoms with van der Waals surface area (Å²) in [6.45, 7) is 19.3. The van der Waals surface area contributed by atoms with Gasteiger partial charge in [0.1, 0.15) is 22.8 Å². The Hall–Kier alpha value is -3.54. The van der Waals surface area contributed by atoms with Gasteiger partial charge >= 0.3 is 24.4 Å². The van der Waals surface area contributed by atoms with Gasteiger partial charge in [-0.25, -0.2) is 14.4 Å². The Morgan fingerprint density at radius 1 is 0.814 bits per heavy atom. The van der Waals surface area contributed by atoms with Gasteiger partial charge in [0.25, 0.3) is 0 Å². The Bertz CT molecular complexity index is 1140. The highest BCUT2D eigenvalue weighted by Crippen LogP contribution is 2.33. The zero-order chi connectivity index (χ0) is 33.4. The molecule has 1 rings (SSSR count). The van der Waals surface area contributed by atoms with Gasteiger partial charge in [0.05, 0.1) is 6.61 Å². The summed E-state index contributed by atoms with van der Waals surface area (Å²) in [7, 11) is 0. The SMILES string of the molecule is CCC(C)(C)OC(=O)Oc1ccc(C[C@](N)(C(=O)O)[C@H](C)[C@H](C)OC(=O)OCC(C)(C)C)cc1OC(=O)OC(C)(C)CC. The van der Waals surface area contributed by atoms with Gasteiger partial charge in [0.15, 0.2) is 11.5 Å². The summed E-state index contributed by atoms with van der Waals surface area (Å²) in [5.41, 5.74) is 2.88. The fourth-order valence-electron chi connectivity index (χ4n) is 3.39. The van der Waals surface area contributed by atoms with Crippen molar-refractivity contribution in [2.24, 2.45) is 17.1 Å². The summed E-state index contributed by atoms with van der Waals surface area (Å²) < 4.78 is 31.9. The van der Waals surface area contributed by atoms with Crippen LogP contribution < -0.4 is 15.2 Å². The second-order valence-corrected chi connectivity index (χ2v) is 13.1. The molecule has 0 aliphatic heterocycles. The number of hydrogen-bond acceptors (Lipinski definition) is 11. The molecule has 0 unspecified atom stereocenters. The van der Waals surface area contributed by atoms with Crippen LogP contribution in [0.4, 0.5) is 14.4 Å². The Kier molecular flexibility index (Phi) is 12.9. The molecule has 0 fully saturated rings. The third kappa shape index (κ3) is 12.3. The van der Waals surface area contributed by atoms with Crippen molar-refractivity contribution >= 4 is 24.4 Å². The van der Waals surface area contributed by atoms with Crippen LogP contribution in [-0.4, -0.2) is 59.0 Å². The van der Waals surface area contributed by atoms with E-state index in [1.807, 2.05) is 34.6 Å². The van der Waals surface area contributed by atoms with E-state index in [1.54, 1.807) is 34.6 Å². The van der Waals surface area contributed by atoms with Crippen LogP contribution in [0.1, 0.15) is 94.6 Å². The molecule has 1 aromatic rings. The molecule has 0 saturated carbocycles. The van der Waals surface area contributed by atoms with E-state index >= 15 is 0 Å². The molecule has 0 saturated heterocycles. The molecule has 12 heteroatoms. The molecular formula is C31H49NO11. The van der Waals surface area contributed by atoms with E-state index in [0.717, 1.165) is 0 Å². The van der Waals surface area contributed by atoms with Crippen molar-refractivity contribution < 1.29 is 52.7 Å².